The summed E-state index contributed by atoms with van der Waals surface area (Å²) in [6, 6.07) is 20.7. The summed E-state index contributed by atoms with van der Waals surface area (Å²) in [6.07, 6.45) is 1.86. The van der Waals surface area contributed by atoms with E-state index in [0.717, 1.165) is 31.8 Å². The molecule has 0 aliphatic carbocycles. The van der Waals surface area contributed by atoms with Gasteiger partial charge < -0.3 is 0 Å². The first-order valence-corrected chi connectivity index (χ1v) is 14.0. The number of para-hydroxylation sites is 1. The Morgan fingerprint density at radius 2 is 1.59 bits per heavy atom. The van der Waals surface area contributed by atoms with Gasteiger partial charge in [-0.2, -0.15) is 0 Å². The number of rotatable bonds is 7. The molecule has 3 aromatic rings. The first-order chi connectivity index (χ1) is 16.2. The SMILES string of the molecule is COC1=CC(c2ccc(N(C)C)cc2)=[Se](O[N+](=O)c2ccccc2S(=O)(=O)O)c2ccccc21. The van der Waals surface area contributed by atoms with Gasteiger partial charge in [-0.1, -0.05) is 0 Å². The molecule has 1 N–H and O–H groups in total. The zero-order chi connectivity index (χ0) is 24.5. The van der Waals surface area contributed by atoms with Crippen LogP contribution in [0.15, 0.2) is 83.8 Å². The molecule has 0 bridgehead atoms. The first-order valence-electron chi connectivity index (χ1n) is 10.2. The number of anilines is 1. The van der Waals surface area contributed by atoms with Crippen LogP contribution in [0.25, 0.3) is 5.76 Å². The molecule has 0 saturated carbocycles. The molecule has 10 heteroatoms. The zero-order valence-electron chi connectivity index (χ0n) is 18.7. The Morgan fingerprint density at radius 3 is 2.24 bits per heavy atom. The molecule has 1 aliphatic heterocycles. The van der Waals surface area contributed by atoms with E-state index in [4.69, 9.17) is 8.66 Å². The summed E-state index contributed by atoms with van der Waals surface area (Å²) >= 11 is -2.50. The van der Waals surface area contributed by atoms with Crippen molar-refractivity contribution in [3.8, 4) is 0 Å². The first kappa shape index (κ1) is 23.8. The number of fused-ring (bicyclic) bond motifs is 1. The number of ether oxygens (including phenoxy) is 1. The van der Waals surface area contributed by atoms with Crippen molar-refractivity contribution in [3.05, 3.63) is 94.9 Å². The van der Waals surface area contributed by atoms with Gasteiger partial charge in [0.25, 0.3) is 0 Å². The molecular weight excluding hydrogens is 523 g/mol. The summed E-state index contributed by atoms with van der Waals surface area (Å²) in [6.45, 7) is 0. The van der Waals surface area contributed by atoms with E-state index in [-0.39, 0.29) is 10.6 Å². The normalized spacial score (nSPS) is 15.2. The Labute approximate surface area is 202 Å². The molecule has 0 amide bonds. The fraction of sp³-hybridized carbons (Fsp3) is 0.125. The summed E-state index contributed by atoms with van der Waals surface area (Å²) < 4.78 is 46.4. The van der Waals surface area contributed by atoms with Crippen LogP contribution in [0.3, 0.4) is 0 Å². The van der Waals surface area contributed by atoms with E-state index in [9.17, 15) is 17.9 Å². The maximum absolute atomic E-state index is 13.1. The minimum atomic E-state index is -4.62. The van der Waals surface area contributed by atoms with Crippen LogP contribution in [0, 0.1) is 4.91 Å². The number of nitrogens with zero attached hydrogens (tertiary/aromatic N) is 2. The summed E-state index contributed by atoms with van der Waals surface area (Å²) in [5.74, 6) is 0.640. The number of allylic oxidation sites excluding steroid dienone is 1. The molecule has 0 fully saturated rings. The van der Waals surface area contributed by atoms with Crippen LogP contribution in [0.4, 0.5) is 11.4 Å². The number of methoxy groups -OCH3 is 1. The van der Waals surface area contributed by atoms with Crippen molar-refractivity contribution in [1.29, 1.82) is 0 Å². The van der Waals surface area contributed by atoms with E-state index in [2.05, 4.69) is 0 Å². The summed E-state index contributed by atoms with van der Waals surface area (Å²) in [7, 11) is 0.856. The van der Waals surface area contributed by atoms with Crippen molar-refractivity contribution in [1.82, 2.24) is 0 Å². The molecule has 0 radical (unpaired) electrons. The van der Waals surface area contributed by atoms with Crippen LogP contribution in [0.2, 0.25) is 0 Å². The number of hydrogen-bond acceptors (Lipinski definition) is 6. The van der Waals surface area contributed by atoms with Gasteiger partial charge in [-0.15, -0.1) is 0 Å². The molecule has 3 aromatic carbocycles. The van der Waals surface area contributed by atoms with Gasteiger partial charge in [0.15, 0.2) is 0 Å². The second-order valence-electron chi connectivity index (χ2n) is 7.56. The predicted molar refractivity (Wildman–Crippen MR) is 132 cm³/mol. The molecule has 176 valence electrons. The number of hydrogen-bond donors (Lipinski definition) is 1. The van der Waals surface area contributed by atoms with Gasteiger partial charge in [-0.25, -0.2) is 0 Å². The quantitative estimate of drug-likeness (QED) is 0.277. The van der Waals surface area contributed by atoms with E-state index < -0.39 is 28.8 Å². The Hall–Kier alpha value is -3.30. The summed E-state index contributed by atoms with van der Waals surface area (Å²) in [5.41, 5.74) is 2.38. The van der Waals surface area contributed by atoms with Crippen molar-refractivity contribution in [2.24, 2.45) is 0 Å². The molecule has 1 atom stereocenters. The van der Waals surface area contributed by atoms with Crippen molar-refractivity contribution in [3.63, 3.8) is 0 Å². The van der Waals surface area contributed by atoms with Crippen LogP contribution < -0.4 is 9.36 Å². The second kappa shape index (κ2) is 9.52. The van der Waals surface area contributed by atoms with E-state index >= 15 is 0 Å². The molecule has 1 heterocycles. The van der Waals surface area contributed by atoms with Gasteiger partial charge >= 0.3 is 202 Å². The minimum absolute atomic E-state index is 0.185. The molecule has 34 heavy (non-hydrogen) atoms. The predicted octanol–water partition coefficient (Wildman–Crippen LogP) is 3.04. The monoisotopic (exact) mass is 547 g/mol. The van der Waals surface area contributed by atoms with Crippen LogP contribution >= 0.6 is 0 Å². The number of benzene rings is 3. The van der Waals surface area contributed by atoms with Gasteiger partial charge in [0.1, 0.15) is 0 Å². The molecule has 0 saturated heterocycles. The van der Waals surface area contributed by atoms with Crippen molar-refractivity contribution < 1.29 is 26.6 Å². The third kappa shape index (κ3) is 4.67. The Bertz CT molecular complexity index is 1430. The Morgan fingerprint density at radius 1 is 0.941 bits per heavy atom. The zero-order valence-corrected chi connectivity index (χ0v) is 21.2. The average Bonchev–Trinajstić information content (AvgIpc) is 2.83. The molecule has 1 unspecified atom stereocenters. The fourth-order valence-corrected chi connectivity index (χ4v) is 7.82. The molecular formula is C24H23N2O6SSe+. The van der Waals surface area contributed by atoms with E-state index in [1.807, 2.05) is 73.6 Å². The van der Waals surface area contributed by atoms with Crippen LogP contribution in [-0.4, -0.2) is 57.3 Å². The molecule has 4 rings (SSSR count). The van der Waals surface area contributed by atoms with Crippen LogP contribution in [-0.2, 0) is 18.8 Å². The third-order valence-electron chi connectivity index (χ3n) is 5.18. The topological polar surface area (TPSA) is 96.2 Å². The molecule has 0 spiro atoms. The summed E-state index contributed by atoms with van der Waals surface area (Å²) in [4.78, 5) is 14.8. The van der Waals surface area contributed by atoms with Gasteiger partial charge in [0, 0.05) is 0 Å². The molecule has 1 aliphatic rings. The van der Waals surface area contributed by atoms with Gasteiger partial charge in [-0.05, 0) is 0 Å². The molecule has 8 nitrogen and oxygen atoms in total. The maximum atomic E-state index is 13.1. The average molecular weight is 546 g/mol. The van der Waals surface area contributed by atoms with E-state index in [0.29, 0.717) is 5.76 Å². The van der Waals surface area contributed by atoms with Crippen molar-refractivity contribution in [2.75, 3.05) is 26.1 Å². The van der Waals surface area contributed by atoms with Gasteiger partial charge in [-0.3, -0.25) is 0 Å². The Kier molecular flexibility index (Phi) is 6.67. The van der Waals surface area contributed by atoms with Crippen LogP contribution in [0.1, 0.15) is 11.1 Å². The molecule has 0 aromatic heterocycles. The summed E-state index contributed by atoms with van der Waals surface area (Å²) in [5, 5.41) is 0. The van der Waals surface area contributed by atoms with Gasteiger partial charge in [0.2, 0.25) is 0 Å². The van der Waals surface area contributed by atoms with E-state index in [1.165, 1.54) is 18.2 Å². The fourth-order valence-electron chi connectivity index (χ4n) is 3.50. The second-order valence-corrected chi connectivity index (χ2v) is 12.2. The van der Waals surface area contributed by atoms with Crippen molar-refractivity contribution >= 4 is 49.9 Å². The van der Waals surface area contributed by atoms with Crippen LogP contribution in [0.5, 0.6) is 0 Å². The Balaban J connectivity index is 1.89. The van der Waals surface area contributed by atoms with Crippen molar-refractivity contribution in [2.45, 2.75) is 4.90 Å². The van der Waals surface area contributed by atoms with Gasteiger partial charge in [0.05, 0.1) is 0 Å². The standard InChI is InChI=1S/C24H22N2O6SSe/c1-25(2)18-14-12-17(13-15-18)24-16-21(31-3)19-8-4-7-11-23(19)34(24)32-26(27)20-9-5-6-10-22(20)33(28,29)30/h4-16H,1-3H3/p+1. The third-order valence-corrected chi connectivity index (χ3v) is 9.85. The van der Waals surface area contributed by atoms with E-state index in [1.54, 1.807) is 7.11 Å².